The van der Waals surface area contributed by atoms with Gasteiger partial charge >= 0.3 is 0 Å². The number of halogens is 2. The van der Waals surface area contributed by atoms with E-state index >= 15 is 0 Å². The van der Waals surface area contributed by atoms with E-state index in [1.807, 2.05) is 6.07 Å². The van der Waals surface area contributed by atoms with Gasteiger partial charge in [-0.25, -0.2) is 4.39 Å². The molecule has 1 saturated carbocycles. The lowest BCUT2D eigenvalue weighted by molar-refractivity contribution is 0.621. The largest absolute Gasteiger partial charge is 0.207 e. The summed E-state index contributed by atoms with van der Waals surface area (Å²) in [4.78, 5) is 0. The van der Waals surface area contributed by atoms with Gasteiger partial charge in [0.15, 0.2) is 0 Å². The van der Waals surface area contributed by atoms with Crippen LogP contribution in [-0.4, -0.2) is 5.38 Å². The molecule has 2 heteroatoms. The quantitative estimate of drug-likeness (QED) is 0.672. The minimum atomic E-state index is -0.171. The summed E-state index contributed by atoms with van der Waals surface area (Å²) in [6, 6.07) is 6.71. The maximum absolute atomic E-state index is 12.9. The van der Waals surface area contributed by atoms with Gasteiger partial charge in [0.25, 0.3) is 0 Å². The van der Waals surface area contributed by atoms with Gasteiger partial charge < -0.3 is 0 Å². The Labute approximate surface area is 89.1 Å². The highest BCUT2D eigenvalue weighted by Gasteiger charge is 2.38. The third kappa shape index (κ3) is 2.27. The molecule has 0 N–H and O–H groups in total. The maximum Gasteiger partial charge on any atom is 0.123 e. The first-order valence-corrected chi connectivity index (χ1v) is 5.49. The lowest BCUT2D eigenvalue weighted by atomic mass is 10.1. The summed E-state index contributed by atoms with van der Waals surface area (Å²) in [6.07, 6.45) is 2.01. The highest BCUT2D eigenvalue weighted by Crippen LogP contribution is 2.43. The second kappa shape index (κ2) is 3.90. The van der Waals surface area contributed by atoms with Gasteiger partial charge in [0.2, 0.25) is 0 Å². The van der Waals surface area contributed by atoms with E-state index in [2.05, 4.69) is 6.92 Å². The van der Waals surface area contributed by atoms with Crippen molar-refractivity contribution in [2.75, 3.05) is 0 Å². The van der Waals surface area contributed by atoms with Crippen molar-refractivity contribution in [2.24, 2.45) is 11.8 Å². The predicted molar refractivity (Wildman–Crippen MR) is 57.0 cm³/mol. The van der Waals surface area contributed by atoms with E-state index in [9.17, 15) is 4.39 Å². The van der Waals surface area contributed by atoms with Crippen molar-refractivity contribution < 1.29 is 4.39 Å². The van der Waals surface area contributed by atoms with E-state index in [0.717, 1.165) is 17.9 Å². The van der Waals surface area contributed by atoms with Crippen LogP contribution in [0.3, 0.4) is 0 Å². The minimum absolute atomic E-state index is 0.171. The van der Waals surface area contributed by atoms with Crippen LogP contribution in [-0.2, 0) is 6.42 Å². The average Bonchev–Trinajstić information content (AvgIpc) is 2.82. The Hall–Kier alpha value is -0.560. The van der Waals surface area contributed by atoms with Crippen molar-refractivity contribution in [3.05, 3.63) is 35.6 Å². The van der Waals surface area contributed by atoms with Gasteiger partial charge in [0, 0.05) is 5.38 Å². The fourth-order valence-corrected chi connectivity index (χ4v) is 2.42. The molecule has 0 amide bonds. The monoisotopic (exact) mass is 212 g/mol. The van der Waals surface area contributed by atoms with Gasteiger partial charge in [-0.15, -0.1) is 11.6 Å². The lowest BCUT2D eigenvalue weighted by Crippen LogP contribution is -2.07. The summed E-state index contributed by atoms with van der Waals surface area (Å²) < 4.78 is 12.9. The van der Waals surface area contributed by atoms with E-state index in [1.54, 1.807) is 12.1 Å². The van der Waals surface area contributed by atoms with Gasteiger partial charge in [0.05, 0.1) is 0 Å². The SMILES string of the molecule is CC1CC1C(Cl)Cc1cccc(F)c1. The van der Waals surface area contributed by atoms with Gasteiger partial charge in [-0.2, -0.15) is 0 Å². The Kier molecular flexibility index (Phi) is 2.78. The van der Waals surface area contributed by atoms with E-state index in [4.69, 9.17) is 11.6 Å². The molecular formula is C12H14ClF. The highest BCUT2D eigenvalue weighted by molar-refractivity contribution is 6.21. The van der Waals surface area contributed by atoms with Crippen LogP contribution in [0.2, 0.25) is 0 Å². The molecule has 3 atom stereocenters. The molecule has 2 rings (SSSR count). The van der Waals surface area contributed by atoms with E-state index < -0.39 is 0 Å². The number of benzene rings is 1. The van der Waals surface area contributed by atoms with E-state index in [1.165, 1.54) is 12.5 Å². The maximum atomic E-state index is 12.9. The summed E-state index contributed by atoms with van der Waals surface area (Å²) in [5, 5.41) is 0.173. The van der Waals surface area contributed by atoms with Crippen molar-refractivity contribution in [2.45, 2.75) is 25.1 Å². The third-order valence-corrected chi connectivity index (χ3v) is 3.43. The molecule has 0 bridgehead atoms. The van der Waals surface area contributed by atoms with Crippen LogP contribution in [0.5, 0.6) is 0 Å². The Bertz CT molecular complexity index is 324. The number of hydrogen-bond donors (Lipinski definition) is 0. The first-order chi connectivity index (χ1) is 6.66. The first-order valence-electron chi connectivity index (χ1n) is 5.05. The third-order valence-electron chi connectivity index (χ3n) is 2.96. The molecule has 1 aromatic rings. The van der Waals surface area contributed by atoms with Crippen LogP contribution in [0.1, 0.15) is 18.9 Å². The second-order valence-corrected chi connectivity index (χ2v) is 4.79. The molecule has 0 heterocycles. The molecule has 1 aliphatic rings. The Morgan fingerprint density at radius 1 is 1.57 bits per heavy atom. The van der Waals surface area contributed by atoms with Crippen molar-refractivity contribution >= 4 is 11.6 Å². The summed E-state index contributed by atoms with van der Waals surface area (Å²) in [6.45, 7) is 2.21. The Balaban J connectivity index is 1.96. The molecular weight excluding hydrogens is 199 g/mol. The molecule has 76 valence electrons. The summed E-state index contributed by atoms with van der Waals surface area (Å²) in [5.74, 6) is 1.22. The average molecular weight is 213 g/mol. The standard InChI is InChI=1S/C12H14ClF/c1-8-5-11(8)12(13)7-9-3-2-4-10(14)6-9/h2-4,6,8,11-12H,5,7H2,1H3. The molecule has 14 heavy (non-hydrogen) atoms. The smallest absolute Gasteiger partial charge is 0.123 e. The molecule has 0 aromatic heterocycles. The molecule has 0 radical (unpaired) electrons. The summed E-state index contributed by atoms with van der Waals surface area (Å²) >= 11 is 6.24. The zero-order valence-corrected chi connectivity index (χ0v) is 8.97. The molecule has 1 fully saturated rings. The number of alkyl halides is 1. The highest BCUT2D eigenvalue weighted by atomic mass is 35.5. The molecule has 1 aromatic carbocycles. The van der Waals surface area contributed by atoms with Gasteiger partial charge in [-0.3, -0.25) is 0 Å². The molecule has 0 spiro atoms. The zero-order valence-electron chi connectivity index (χ0n) is 8.21. The topological polar surface area (TPSA) is 0 Å². The van der Waals surface area contributed by atoms with Gasteiger partial charge in [-0.1, -0.05) is 19.1 Å². The van der Waals surface area contributed by atoms with Crippen molar-refractivity contribution in [3.8, 4) is 0 Å². The number of hydrogen-bond acceptors (Lipinski definition) is 0. The first kappa shape index (κ1) is 9.97. The molecule has 0 nitrogen and oxygen atoms in total. The fourth-order valence-electron chi connectivity index (χ4n) is 1.90. The van der Waals surface area contributed by atoms with Crippen LogP contribution < -0.4 is 0 Å². The molecule has 1 aliphatic carbocycles. The van der Waals surface area contributed by atoms with Crippen LogP contribution in [0.4, 0.5) is 4.39 Å². The predicted octanol–water partition coefficient (Wildman–Crippen LogP) is 3.63. The van der Waals surface area contributed by atoms with Crippen LogP contribution in [0.25, 0.3) is 0 Å². The van der Waals surface area contributed by atoms with E-state index in [0.29, 0.717) is 5.92 Å². The normalized spacial score (nSPS) is 27.4. The minimum Gasteiger partial charge on any atom is -0.207 e. The number of rotatable bonds is 3. The summed E-state index contributed by atoms with van der Waals surface area (Å²) in [7, 11) is 0. The fraction of sp³-hybridized carbons (Fsp3) is 0.500. The lowest BCUT2D eigenvalue weighted by Gasteiger charge is -2.08. The van der Waals surface area contributed by atoms with Crippen LogP contribution >= 0.6 is 11.6 Å². The Morgan fingerprint density at radius 3 is 2.86 bits per heavy atom. The van der Waals surface area contributed by atoms with Crippen LogP contribution in [0.15, 0.2) is 24.3 Å². The van der Waals surface area contributed by atoms with Gasteiger partial charge in [-0.05, 0) is 42.4 Å². The van der Waals surface area contributed by atoms with Crippen LogP contribution in [0, 0.1) is 17.7 Å². The van der Waals surface area contributed by atoms with Crippen molar-refractivity contribution in [1.82, 2.24) is 0 Å². The van der Waals surface area contributed by atoms with Crippen molar-refractivity contribution in [3.63, 3.8) is 0 Å². The summed E-state index contributed by atoms with van der Waals surface area (Å²) in [5.41, 5.74) is 1.00. The molecule has 0 saturated heterocycles. The zero-order chi connectivity index (χ0) is 10.1. The van der Waals surface area contributed by atoms with E-state index in [-0.39, 0.29) is 11.2 Å². The second-order valence-electron chi connectivity index (χ2n) is 4.23. The Morgan fingerprint density at radius 2 is 2.29 bits per heavy atom. The molecule has 3 unspecified atom stereocenters. The van der Waals surface area contributed by atoms with Gasteiger partial charge in [0.1, 0.15) is 5.82 Å². The van der Waals surface area contributed by atoms with Crippen molar-refractivity contribution in [1.29, 1.82) is 0 Å². The molecule has 0 aliphatic heterocycles.